The molecule has 0 aromatic heterocycles. The van der Waals surface area contributed by atoms with Gasteiger partial charge < -0.3 is 9.64 Å². The van der Waals surface area contributed by atoms with Gasteiger partial charge in [-0.2, -0.15) is 4.55 Å². The van der Waals surface area contributed by atoms with Crippen LogP contribution >= 0.6 is 0 Å². The highest BCUT2D eigenvalue weighted by Gasteiger charge is 2.40. The second kappa shape index (κ2) is 8.45. The van der Waals surface area contributed by atoms with Crippen LogP contribution in [-0.2, 0) is 37.3 Å². The van der Waals surface area contributed by atoms with E-state index in [1.54, 1.807) is 42.5 Å². The van der Waals surface area contributed by atoms with E-state index in [1.807, 2.05) is 0 Å². The fourth-order valence-electron chi connectivity index (χ4n) is 3.83. The number of nitrogens with one attached hydrogen (secondary N) is 1. The van der Waals surface area contributed by atoms with Crippen LogP contribution < -0.4 is 10.1 Å². The van der Waals surface area contributed by atoms with Gasteiger partial charge in [0.05, 0.1) is 6.54 Å². The van der Waals surface area contributed by atoms with E-state index >= 15 is 0 Å². The SMILES string of the molecule is CN(C)[S+](=O)(O)c1ccc(COc2cccc3c2CN(C2CCC(=O)NC2=O)C3=O)cc1. The monoisotopic (exact) mass is 458 g/mol. The first-order valence-corrected chi connectivity index (χ1v) is 11.6. The number of ether oxygens (including phenoxy) is 1. The second-order valence-corrected chi connectivity index (χ2v) is 10.1. The number of imide groups is 1. The van der Waals surface area contributed by atoms with Gasteiger partial charge in [-0.25, -0.2) is 0 Å². The van der Waals surface area contributed by atoms with Gasteiger partial charge in [-0.1, -0.05) is 22.5 Å². The Morgan fingerprint density at radius 1 is 1.16 bits per heavy atom. The molecule has 1 fully saturated rings. The van der Waals surface area contributed by atoms with Crippen molar-refractivity contribution in [2.24, 2.45) is 0 Å². The Morgan fingerprint density at radius 2 is 1.88 bits per heavy atom. The number of rotatable bonds is 6. The van der Waals surface area contributed by atoms with Crippen LogP contribution in [-0.4, -0.2) is 51.6 Å². The Balaban J connectivity index is 1.48. The number of piperidine rings is 1. The maximum atomic E-state index is 12.9. The Hall–Kier alpha value is -3.08. The van der Waals surface area contributed by atoms with Crippen molar-refractivity contribution in [2.75, 3.05) is 14.1 Å². The molecule has 1 saturated heterocycles. The maximum Gasteiger partial charge on any atom is 0.325 e. The molecule has 9 nitrogen and oxygen atoms in total. The largest absolute Gasteiger partial charge is 0.489 e. The van der Waals surface area contributed by atoms with Crippen molar-refractivity contribution in [3.8, 4) is 5.75 Å². The summed E-state index contributed by atoms with van der Waals surface area (Å²) in [5.41, 5.74) is 1.98. The number of hydrogen-bond acceptors (Lipinski definition) is 5. The molecule has 2 aromatic carbocycles. The van der Waals surface area contributed by atoms with E-state index in [0.29, 0.717) is 28.2 Å². The summed E-state index contributed by atoms with van der Waals surface area (Å²) < 4.78 is 29.6. The molecule has 168 valence electrons. The lowest BCUT2D eigenvalue weighted by Crippen LogP contribution is -2.52. The van der Waals surface area contributed by atoms with Crippen molar-refractivity contribution in [3.63, 3.8) is 0 Å². The number of amides is 3. The van der Waals surface area contributed by atoms with Gasteiger partial charge >= 0.3 is 10.4 Å². The summed E-state index contributed by atoms with van der Waals surface area (Å²) in [5, 5.41) is 2.29. The fourth-order valence-corrected chi connectivity index (χ4v) is 4.74. The van der Waals surface area contributed by atoms with Crippen molar-refractivity contribution in [2.45, 2.75) is 36.9 Å². The highest BCUT2D eigenvalue weighted by Crippen LogP contribution is 2.34. The zero-order valence-electron chi connectivity index (χ0n) is 17.7. The summed E-state index contributed by atoms with van der Waals surface area (Å²) in [4.78, 5) is 38.3. The highest BCUT2D eigenvalue weighted by molar-refractivity contribution is 7.95. The second-order valence-electron chi connectivity index (χ2n) is 7.92. The Bertz CT molecular complexity index is 1130. The molecule has 2 aliphatic rings. The van der Waals surface area contributed by atoms with Crippen molar-refractivity contribution in [1.29, 1.82) is 0 Å². The molecular weight excluding hydrogens is 434 g/mol. The van der Waals surface area contributed by atoms with Crippen LogP contribution in [0.15, 0.2) is 47.4 Å². The van der Waals surface area contributed by atoms with Crippen LogP contribution in [0.4, 0.5) is 0 Å². The zero-order valence-corrected chi connectivity index (χ0v) is 18.6. The topological polar surface area (TPSA) is 116 Å². The van der Waals surface area contributed by atoms with Gasteiger partial charge in [-0.05, 0) is 40.5 Å². The third-order valence-electron chi connectivity index (χ3n) is 5.66. The lowest BCUT2D eigenvalue weighted by atomic mass is 10.0. The molecule has 32 heavy (non-hydrogen) atoms. The lowest BCUT2D eigenvalue weighted by Gasteiger charge is -2.29. The first-order chi connectivity index (χ1) is 15.2. The van der Waals surface area contributed by atoms with E-state index in [0.717, 1.165) is 5.56 Å². The molecule has 0 saturated carbocycles. The molecule has 2 unspecified atom stereocenters. The Morgan fingerprint density at radius 3 is 2.53 bits per heavy atom. The van der Waals surface area contributed by atoms with Gasteiger partial charge in [-0.15, -0.1) is 0 Å². The number of carbonyl (C=O) groups is 3. The van der Waals surface area contributed by atoms with Gasteiger partial charge in [0, 0.05) is 31.6 Å². The van der Waals surface area contributed by atoms with Gasteiger partial charge in [0.2, 0.25) is 16.7 Å². The third kappa shape index (κ3) is 4.04. The molecular formula is C22H24N3O6S+. The van der Waals surface area contributed by atoms with Crippen molar-refractivity contribution < 1.29 is 27.9 Å². The van der Waals surface area contributed by atoms with E-state index < -0.39 is 22.3 Å². The number of benzene rings is 2. The summed E-state index contributed by atoms with van der Waals surface area (Å²) in [6.07, 6.45) is 0.498. The zero-order chi connectivity index (χ0) is 23.0. The molecule has 3 amide bonds. The van der Waals surface area contributed by atoms with Crippen LogP contribution in [0.1, 0.15) is 34.3 Å². The molecule has 0 radical (unpaired) electrons. The van der Waals surface area contributed by atoms with E-state index in [2.05, 4.69) is 5.32 Å². The molecule has 0 bridgehead atoms. The quantitative estimate of drug-likeness (QED) is 0.504. The summed E-state index contributed by atoms with van der Waals surface area (Å²) >= 11 is 0. The number of hydrogen-bond donors (Lipinski definition) is 2. The van der Waals surface area contributed by atoms with E-state index in [1.165, 1.54) is 23.3 Å². The highest BCUT2D eigenvalue weighted by atomic mass is 32.3. The molecule has 2 atom stereocenters. The van der Waals surface area contributed by atoms with Crippen molar-refractivity contribution in [1.82, 2.24) is 14.5 Å². The van der Waals surface area contributed by atoms with Crippen molar-refractivity contribution in [3.05, 3.63) is 59.2 Å². The van der Waals surface area contributed by atoms with Crippen LogP contribution in [0.5, 0.6) is 5.75 Å². The molecule has 0 aliphatic carbocycles. The minimum absolute atomic E-state index is 0.198. The molecule has 2 aliphatic heterocycles. The minimum atomic E-state index is -3.25. The average molecular weight is 459 g/mol. The number of carbonyl (C=O) groups excluding carboxylic acids is 3. The molecule has 4 rings (SSSR count). The van der Waals surface area contributed by atoms with Crippen LogP contribution in [0.2, 0.25) is 0 Å². The molecule has 2 aromatic rings. The van der Waals surface area contributed by atoms with Crippen LogP contribution in [0.25, 0.3) is 0 Å². The summed E-state index contributed by atoms with van der Waals surface area (Å²) in [6, 6.07) is 11.1. The van der Waals surface area contributed by atoms with Crippen molar-refractivity contribution >= 4 is 28.1 Å². The normalized spacial score (nSPS) is 20.2. The Labute approximate surface area is 186 Å². The maximum absolute atomic E-state index is 12.9. The smallest absolute Gasteiger partial charge is 0.325 e. The number of nitrogens with zero attached hydrogens (tertiary/aromatic N) is 2. The van der Waals surface area contributed by atoms with E-state index in [9.17, 15) is 23.1 Å². The minimum Gasteiger partial charge on any atom is -0.489 e. The summed E-state index contributed by atoms with van der Waals surface area (Å²) in [6.45, 7) is 0.433. The van der Waals surface area contributed by atoms with Gasteiger partial charge in [0.15, 0.2) is 0 Å². The first kappa shape index (κ1) is 22.1. The molecule has 10 heteroatoms. The summed E-state index contributed by atoms with van der Waals surface area (Å²) in [7, 11) is -0.181. The van der Waals surface area contributed by atoms with Gasteiger partial charge in [0.25, 0.3) is 5.91 Å². The van der Waals surface area contributed by atoms with E-state index in [4.69, 9.17) is 4.74 Å². The Kier molecular flexibility index (Phi) is 5.85. The standard InChI is InChI=1S/C22H23N3O6S/c1-24(2)32(29,30)15-8-6-14(7-9-15)13-31-19-5-3-4-16-17(19)12-25(22(16)28)18-10-11-20(26)23-21(18)27/h3-9,18H,10-13H2,1-2H3,(H-,23,26,27,29,30)/p+1. The van der Waals surface area contributed by atoms with Crippen LogP contribution in [0.3, 0.4) is 0 Å². The third-order valence-corrected chi connectivity index (χ3v) is 7.53. The van der Waals surface area contributed by atoms with Crippen LogP contribution in [0, 0.1) is 0 Å². The molecule has 0 spiro atoms. The molecule has 2 heterocycles. The fraction of sp³-hybridized carbons (Fsp3) is 0.318. The van der Waals surface area contributed by atoms with E-state index in [-0.39, 0.29) is 31.4 Å². The molecule has 2 N–H and O–H groups in total. The predicted octanol–water partition coefficient (Wildman–Crippen LogP) is 1.83. The first-order valence-electron chi connectivity index (χ1n) is 10.1. The average Bonchev–Trinajstić information content (AvgIpc) is 3.09. The van der Waals surface area contributed by atoms with Gasteiger partial charge in [0.1, 0.15) is 18.4 Å². The lowest BCUT2D eigenvalue weighted by molar-refractivity contribution is -0.136. The predicted molar refractivity (Wildman–Crippen MR) is 116 cm³/mol. The summed E-state index contributed by atoms with van der Waals surface area (Å²) in [5.74, 6) is -0.504. The van der Waals surface area contributed by atoms with Gasteiger partial charge in [-0.3, -0.25) is 19.7 Å². The number of fused-ring (bicyclic) bond motifs is 1.